The van der Waals surface area contributed by atoms with E-state index in [-0.39, 0.29) is 18.0 Å². The lowest BCUT2D eigenvalue weighted by molar-refractivity contribution is -0.140. The van der Waals surface area contributed by atoms with Crippen molar-refractivity contribution in [2.24, 2.45) is 5.10 Å². The van der Waals surface area contributed by atoms with Crippen LogP contribution < -0.4 is 0 Å². The van der Waals surface area contributed by atoms with Gasteiger partial charge in [0.05, 0.1) is 5.71 Å². The van der Waals surface area contributed by atoms with Crippen molar-refractivity contribution in [1.82, 2.24) is 5.01 Å². The van der Waals surface area contributed by atoms with Gasteiger partial charge in [-0.15, -0.1) is 0 Å². The normalized spacial score (nSPS) is 16.1. The average molecular weight is 293 g/mol. The van der Waals surface area contributed by atoms with E-state index in [1.807, 2.05) is 0 Å². The molecule has 1 N–H and O–H groups in total. The minimum absolute atomic E-state index is 0.138. The quantitative estimate of drug-likeness (QED) is 0.871. The topological polar surface area (TPSA) is 70.0 Å². The summed E-state index contributed by atoms with van der Waals surface area (Å²) in [7, 11) is 0. The van der Waals surface area contributed by atoms with Crippen LogP contribution >= 0.6 is 11.6 Å². The predicted octanol–water partition coefficient (Wildman–Crippen LogP) is 2.65. The zero-order chi connectivity index (χ0) is 14.7. The molecule has 6 heteroatoms. The van der Waals surface area contributed by atoms with E-state index in [0.29, 0.717) is 17.2 Å². The van der Waals surface area contributed by atoms with Gasteiger partial charge in [-0.05, 0) is 24.6 Å². The lowest BCUT2D eigenvalue weighted by atomic mass is 10.0. The van der Waals surface area contributed by atoms with Crippen molar-refractivity contribution in [1.29, 1.82) is 0 Å². The van der Waals surface area contributed by atoms with Crippen LogP contribution in [-0.4, -0.2) is 27.7 Å². The first-order chi connectivity index (χ1) is 9.52. The maximum atomic E-state index is 11.8. The van der Waals surface area contributed by atoms with Gasteiger partial charge in [0.25, 0.3) is 0 Å². The average Bonchev–Trinajstić information content (AvgIpc) is 2.42. The number of allylic oxidation sites excluding steroid dienone is 1. The number of rotatable bonds is 3. The Labute approximate surface area is 121 Å². The SMILES string of the molecule is C/C=C(\C(=O)O)N1N=C(c2ccc(Cl)cc2)CCC1=O. The first-order valence-electron chi connectivity index (χ1n) is 6.09. The second kappa shape index (κ2) is 5.88. The number of hydrogen-bond donors (Lipinski definition) is 1. The van der Waals surface area contributed by atoms with Gasteiger partial charge in [-0.2, -0.15) is 10.1 Å². The van der Waals surface area contributed by atoms with Gasteiger partial charge in [-0.3, -0.25) is 4.79 Å². The van der Waals surface area contributed by atoms with E-state index in [1.165, 1.54) is 6.08 Å². The molecule has 0 unspecified atom stereocenters. The molecule has 1 aromatic rings. The molecular formula is C14H13ClN2O3. The zero-order valence-corrected chi connectivity index (χ0v) is 11.6. The van der Waals surface area contributed by atoms with E-state index >= 15 is 0 Å². The Balaban J connectivity index is 2.38. The third-order valence-corrected chi connectivity index (χ3v) is 3.18. The summed E-state index contributed by atoms with van der Waals surface area (Å²) in [4.78, 5) is 22.9. The molecule has 0 bridgehead atoms. The van der Waals surface area contributed by atoms with Crippen LogP contribution in [-0.2, 0) is 9.59 Å². The first-order valence-corrected chi connectivity index (χ1v) is 6.46. The number of carboxylic acids is 1. The van der Waals surface area contributed by atoms with Gasteiger partial charge in [-0.1, -0.05) is 29.8 Å². The molecule has 1 aliphatic rings. The fourth-order valence-electron chi connectivity index (χ4n) is 1.93. The summed E-state index contributed by atoms with van der Waals surface area (Å²) in [6.45, 7) is 1.56. The van der Waals surface area contributed by atoms with Crippen molar-refractivity contribution in [3.05, 3.63) is 46.6 Å². The van der Waals surface area contributed by atoms with Crippen LogP contribution in [0.25, 0.3) is 0 Å². The summed E-state index contributed by atoms with van der Waals surface area (Å²) in [5.41, 5.74) is 1.36. The van der Waals surface area contributed by atoms with Crippen LogP contribution in [0.5, 0.6) is 0 Å². The van der Waals surface area contributed by atoms with Crippen molar-refractivity contribution in [2.75, 3.05) is 0 Å². The summed E-state index contributed by atoms with van der Waals surface area (Å²) in [5, 5.41) is 14.8. The van der Waals surface area contributed by atoms with Crippen molar-refractivity contribution < 1.29 is 14.7 Å². The number of nitrogens with zero attached hydrogens (tertiary/aromatic N) is 2. The van der Waals surface area contributed by atoms with Gasteiger partial charge in [0.1, 0.15) is 5.70 Å². The second-order valence-electron chi connectivity index (χ2n) is 4.24. The third kappa shape index (κ3) is 2.88. The van der Waals surface area contributed by atoms with E-state index in [1.54, 1.807) is 31.2 Å². The number of hydrogen-bond acceptors (Lipinski definition) is 3. The Morgan fingerprint density at radius 3 is 2.55 bits per heavy atom. The number of halogens is 1. The van der Waals surface area contributed by atoms with E-state index < -0.39 is 5.97 Å². The lowest BCUT2D eigenvalue weighted by Crippen LogP contribution is -2.34. The highest BCUT2D eigenvalue weighted by molar-refractivity contribution is 6.30. The molecule has 104 valence electrons. The van der Waals surface area contributed by atoms with Crippen LogP contribution in [0, 0.1) is 0 Å². The molecule has 0 fully saturated rings. The zero-order valence-electron chi connectivity index (χ0n) is 10.8. The standard InChI is InChI=1S/C14H13ClN2O3/c1-2-12(14(19)20)17-13(18)8-7-11(16-17)9-3-5-10(15)6-4-9/h2-6H,7-8H2,1H3,(H,19,20)/b12-2+. The number of carboxylic acid groups (broad SMARTS) is 1. The summed E-state index contributed by atoms with van der Waals surface area (Å²) in [6.07, 6.45) is 2.06. The van der Waals surface area contributed by atoms with Crippen LogP contribution in [0.3, 0.4) is 0 Å². The number of amides is 1. The molecule has 1 heterocycles. The second-order valence-corrected chi connectivity index (χ2v) is 4.67. The molecule has 20 heavy (non-hydrogen) atoms. The van der Waals surface area contributed by atoms with Crippen LogP contribution in [0.2, 0.25) is 5.02 Å². The Morgan fingerprint density at radius 1 is 1.35 bits per heavy atom. The molecule has 0 aliphatic carbocycles. The maximum absolute atomic E-state index is 11.8. The van der Waals surface area contributed by atoms with E-state index in [4.69, 9.17) is 16.7 Å². The summed E-state index contributed by atoms with van der Waals surface area (Å²) in [5.74, 6) is -1.50. The van der Waals surface area contributed by atoms with E-state index in [9.17, 15) is 9.59 Å². The fraction of sp³-hybridized carbons (Fsp3) is 0.214. The highest BCUT2D eigenvalue weighted by Gasteiger charge is 2.27. The van der Waals surface area contributed by atoms with E-state index in [2.05, 4.69) is 5.10 Å². The van der Waals surface area contributed by atoms with Crippen molar-refractivity contribution in [3.63, 3.8) is 0 Å². The molecule has 2 rings (SSSR count). The molecule has 1 amide bonds. The Bertz CT molecular complexity index is 605. The van der Waals surface area contributed by atoms with Crippen molar-refractivity contribution >= 4 is 29.2 Å². The Hall–Kier alpha value is -2.14. The Kier molecular flexibility index (Phi) is 4.20. The molecule has 0 spiro atoms. The minimum atomic E-state index is -1.18. The van der Waals surface area contributed by atoms with Crippen LogP contribution in [0.1, 0.15) is 25.3 Å². The lowest BCUT2D eigenvalue weighted by Gasteiger charge is -2.23. The minimum Gasteiger partial charge on any atom is -0.477 e. The van der Waals surface area contributed by atoms with Gasteiger partial charge in [0.2, 0.25) is 5.91 Å². The maximum Gasteiger partial charge on any atom is 0.354 e. The predicted molar refractivity (Wildman–Crippen MR) is 75.5 cm³/mol. The number of carbonyl (C=O) groups is 2. The molecule has 0 atom stereocenters. The van der Waals surface area contributed by atoms with Crippen molar-refractivity contribution in [2.45, 2.75) is 19.8 Å². The number of aliphatic carboxylic acids is 1. The first kappa shape index (κ1) is 14.3. The van der Waals surface area contributed by atoms with Crippen molar-refractivity contribution in [3.8, 4) is 0 Å². The Morgan fingerprint density at radius 2 is 2.00 bits per heavy atom. The van der Waals surface area contributed by atoms with Gasteiger partial charge in [0.15, 0.2) is 0 Å². The third-order valence-electron chi connectivity index (χ3n) is 2.93. The largest absolute Gasteiger partial charge is 0.477 e. The molecule has 0 saturated heterocycles. The molecule has 0 saturated carbocycles. The smallest absolute Gasteiger partial charge is 0.354 e. The molecule has 0 aromatic heterocycles. The summed E-state index contributed by atoms with van der Waals surface area (Å²) >= 11 is 5.83. The summed E-state index contributed by atoms with van der Waals surface area (Å²) in [6, 6.07) is 7.05. The van der Waals surface area contributed by atoms with Gasteiger partial charge >= 0.3 is 5.97 Å². The van der Waals surface area contributed by atoms with Gasteiger partial charge < -0.3 is 5.11 Å². The molecule has 1 aliphatic heterocycles. The molecule has 5 nitrogen and oxygen atoms in total. The van der Waals surface area contributed by atoms with E-state index in [0.717, 1.165) is 10.6 Å². The number of hydrazone groups is 1. The summed E-state index contributed by atoms with van der Waals surface area (Å²) < 4.78 is 0. The van der Waals surface area contributed by atoms with Gasteiger partial charge in [-0.25, -0.2) is 4.79 Å². The highest BCUT2D eigenvalue weighted by atomic mass is 35.5. The van der Waals surface area contributed by atoms with Crippen LogP contribution in [0.4, 0.5) is 0 Å². The molecule has 1 aromatic carbocycles. The number of carbonyl (C=O) groups excluding carboxylic acids is 1. The molecule has 0 radical (unpaired) electrons. The monoisotopic (exact) mass is 292 g/mol. The highest BCUT2D eigenvalue weighted by Crippen LogP contribution is 2.20. The van der Waals surface area contributed by atoms with Crippen LogP contribution in [0.15, 0.2) is 41.1 Å². The fourth-order valence-corrected chi connectivity index (χ4v) is 2.05. The number of benzene rings is 1. The van der Waals surface area contributed by atoms with Gasteiger partial charge in [0, 0.05) is 17.9 Å². The molecular weight excluding hydrogens is 280 g/mol.